The van der Waals surface area contributed by atoms with Gasteiger partial charge in [-0.1, -0.05) is 18.2 Å². The third-order valence-corrected chi connectivity index (χ3v) is 4.01. The molecule has 0 atom stereocenters. The smallest absolute Gasteiger partial charge is 0.416 e. The molecule has 0 aliphatic heterocycles. The highest BCUT2D eigenvalue weighted by molar-refractivity contribution is 5.79. The Morgan fingerprint density at radius 1 is 1.03 bits per heavy atom. The van der Waals surface area contributed by atoms with E-state index in [-0.39, 0.29) is 0 Å². The number of nitrogens with zero attached hydrogens (tertiary/aromatic N) is 2. The van der Waals surface area contributed by atoms with Crippen LogP contribution in [0.3, 0.4) is 0 Å². The van der Waals surface area contributed by atoms with Crippen molar-refractivity contribution in [1.29, 1.82) is 0 Å². The van der Waals surface area contributed by atoms with Crippen LogP contribution in [0.1, 0.15) is 16.7 Å². The van der Waals surface area contributed by atoms with E-state index in [9.17, 15) is 13.2 Å². The van der Waals surface area contributed by atoms with Gasteiger partial charge in [0.2, 0.25) is 5.88 Å². The fourth-order valence-electron chi connectivity index (χ4n) is 2.42. The highest BCUT2D eigenvalue weighted by Crippen LogP contribution is 2.29. The normalized spacial score (nSPS) is 12.0. The van der Waals surface area contributed by atoms with E-state index in [0.29, 0.717) is 44.6 Å². The third kappa shape index (κ3) is 7.98. The summed E-state index contributed by atoms with van der Waals surface area (Å²) in [5, 5.41) is 6.30. The zero-order valence-corrected chi connectivity index (χ0v) is 16.4. The summed E-state index contributed by atoms with van der Waals surface area (Å²) < 4.78 is 48.1. The van der Waals surface area contributed by atoms with E-state index in [0.717, 1.165) is 23.3 Å². The van der Waals surface area contributed by atoms with E-state index in [1.165, 1.54) is 12.1 Å². The number of methoxy groups -OCH3 is 1. The number of benzene rings is 1. The summed E-state index contributed by atoms with van der Waals surface area (Å²) in [6.07, 6.45) is -2.02. The summed E-state index contributed by atoms with van der Waals surface area (Å²) in [5.74, 6) is 1.13. The van der Waals surface area contributed by atoms with Gasteiger partial charge in [0.1, 0.15) is 6.61 Å². The molecule has 0 saturated heterocycles. The van der Waals surface area contributed by atoms with E-state index in [2.05, 4.69) is 20.6 Å². The first-order valence-electron chi connectivity index (χ1n) is 9.09. The lowest BCUT2D eigenvalue weighted by Gasteiger charge is -2.12. The molecule has 2 N–H and O–H groups in total. The van der Waals surface area contributed by atoms with Crippen LogP contribution in [0.15, 0.2) is 47.6 Å². The van der Waals surface area contributed by atoms with Crippen LogP contribution in [-0.4, -0.2) is 44.9 Å². The molecule has 0 radical (unpaired) electrons. The molecule has 1 aromatic carbocycles. The standard InChI is InChI=1S/C20H25F3N4O2/c1-24-19(25-10-9-15-3-6-17(7-4-15)20(21,22)23)27-14-16-5-8-18(26-13-16)29-12-11-28-2/h3-8,13H,9-12,14H2,1-2H3,(H2,24,25,27). The number of rotatable bonds is 9. The topological polar surface area (TPSA) is 67.8 Å². The Hall–Kier alpha value is -2.81. The minimum atomic E-state index is -4.31. The van der Waals surface area contributed by atoms with Crippen molar-refractivity contribution in [1.82, 2.24) is 15.6 Å². The predicted octanol–water partition coefficient (Wildman–Crippen LogP) is 3.03. The number of aromatic nitrogens is 1. The first-order chi connectivity index (χ1) is 13.9. The van der Waals surface area contributed by atoms with Gasteiger partial charge in [-0.15, -0.1) is 0 Å². The second-order valence-corrected chi connectivity index (χ2v) is 6.14. The Bertz CT molecular complexity index is 763. The van der Waals surface area contributed by atoms with Crippen molar-refractivity contribution in [3.8, 4) is 5.88 Å². The number of halogens is 3. The predicted molar refractivity (Wildman–Crippen MR) is 105 cm³/mol. The van der Waals surface area contributed by atoms with Gasteiger partial charge in [-0.2, -0.15) is 13.2 Å². The summed E-state index contributed by atoms with van der Waals surface area (Å²) in [7, 11) is 3.26. The van der Waals surface area contributed by atoms with Crippen molar-refractivity contribution in [2.24, 2.45) is 4.99 Å². The maximum Gasteiger partial charge on any atom is 0.416 e. The largest absolute Gasteiger partial charge is 0.475 e. The molecule has 2 rings (SSSR count). The molecule has 0 saturated carbocycles. The molecule has 2 aromatic rings. The van der Waals surface area contributed by atoms with Crippen LogP contribution in [-0.2, 0) is 23.9 Å². The molecule has 9 heteroatoms. The van der Waals surface area contributed by atoms with Gasteiger partial charge in [0.05, 0.1) is 12.2 Å². The van der Waals surface area contributed by atoms with E-state index in [4.69, 9.17) is 9.47 Å². The second kappa shape index (κ2) is 11.3. The van der Waals surface area contributed by atoms with Crippen molar-refractivity contribution in [3.05, 3.63) is 59.3 Å². The first-order valence-corrected chi connectivity index (χ1v) is 9.09. The average Bonchev–Trinajstić information content (AvgIpc) is 2.71. The zero-order chi connectivity index (χ0) is 21.1. The molecule has 0 fully saturated rings. The van der Waals surface area contributed by atoms with Crippen LogP contribution >= 0.6 is 0 Å². The Morgan fingerprint density at radius 3 is 2.34 bits per heavy atom. The Morgan fingerprint density at radius 2 is 1.76 bits per heavy atom. The molecular weight excluding hydrogens is 385 g/mol. The van der Waals surface area contributed by atoms with Gasteiger partial charge in [0, 0.05) is 39.5 Å². The second-order valence-electron chi connectivity index (χ2n) is 6.14. The number of ether oxygens (including phenoxy) is 2. The molecule has 0 bridgehead atoms. The zero-order valence-electron chi connectivity index (χ0n) is 16.4. The number of guanidine groups is 1. The highest BCUT2D eigenvalue weighted by Gasteiger charge is 2.29. The third-order valence-electron chi connectivity index (χ3n) is 4.01. The quantitative estimate of drug-likeness (QED) is 0.378. The van der Waals surface area contributed by atoms with Crippen LogP contribution in [0.4, 0.5) is 13.2 Å². The lowest BCUT2D eigenvalue weighted by atomic mass is 10.1. The Kier molecular flexibility index (Phi) is 8.72. The molecule has 0 spiro atoms. The van der Waals surface area contributed by atoms with Gasteiger partial charge in [-0.3, -0.25) is 4.99 Å². The van der Waals surface area contributed by atoms with Crippen LogP contribution in [0.2, 0.25) is 0 Å². The summed E-state index contributed by atoms with van der Waals surface area (Å²) in [5.41, 5.74) is 1.12. The number of alkyl halides is 3. The Balaban J connectivity index is 1.73. The molecule has 0 unspecified atom stereocenters. The molecule has 29 heavy (non-hydrogen) atoms. The SMILES string of the molecule is CN=C(NCCc1ccc(C(F)(F)F)cc1)NCc1ccc(OCCOC)nc1. The van der Waals surface area contributed by atoms with Crippen LogP contribution < -0.4 is 15.4 Å². The first kappa shape index (κ1) is 22.5. The van der Waals surface area contributed by atoms with Gasteiger partial charge in [0.25, 0.3) is 0 Å². The molecule has 158 valence electrons. The summed E-state index contributed by atoms with van der Waals surface area (Å²) >= 11 is 0. The van der Waals surface area contributed by atoms with Crippen molar-refractivity contribution in [3.63, 3.8) is 0 Å². The number of hydrogen-bond donors (Lipinski definition) is 2. The molecule has 0 amide bonds. The fraction of sp³-hybridized carbons (Fsp3) is 0.400. The maximum absolute atomic E-state index is 12.6. The van der Waals surface area contributed by atoms with Gasteiger partial charge in [0.15, 0.2) is 5.96 Å². The van der Waals surface area contributed by atoms with Crippen LogP contribution in [0.25, 0.3) is 0 Å². The monoisotopic (exact) mass is 410 g/mol. The van der Waals surface area contributed by atoms with E-state index in [1.807, 2.05) is 6.07 Å². The molecule has 1 heterocycles. The van der Waals surface area contributed by atoms with Gasteiger partial charge in [-0.05, 0) is 29.7 Å². The van der Waals surface area contributed by atoms with Crippen molar-refractivity contribution in [2.45, 2.75) is 19.1 Å². The van der Waals surface area contributed by atoms with Gasteiger partial charge in [-0.25, -0.2) is 4.98 Å². The van der Waals surface area contributed by atoms with Gasteiger partial charge >= 0.3 is 6.18 Å². The number of aliphatic imine (C=N–C) groups is 1. The number of pyridine rings is 1. The molecular formula is C20H25F3N4O2. The van der Waals surface area contributed by atoms with E-state index >= 15 is 0 Å². The van der Waals surface area contributed by atoms with E-state index < -0.39 is 11.7 Å². The molecule has 1 aromatic heterocycles. The van der Waals surface area contributed by atoms with Crippen LogP contribution in [0.5, 0.6) is 5.88 Å². The minimum absolute atomic E-state index is 0.441. The summed E-state index contributed by atoms with van der Waals surface area (Å²) in [4.78, 5) is 8.36. The lowest BCUT2D eigenvalue weighted by molar-refractivity contribution is -0.137. The minimum Gasteiger partial charge on any atom is -0.475 e. The maximum atomic E-state index is 12.6. The van der Waals surface area contributed by atoms with Crippen molar-refractivity contribution >= 4 is 5.96 Å². The van der Waals surface area contributed by atoms with Crippen molar-refractivity contribution < 1.29 is 22.6 Å². The highest BCUT2D eigenvalue weighted by atomic mass is 19.4. The molecule has 0 aliphatic carbocycles. The van der Waals surface area contributed by atoms with E-state index in [1.54, 1.807) is 26.4 Å². The molecule has 0 aliphatic rings. The van der Waals surface area contributed by atoms with Crippen molar-refractivity contribution in [2.75, 3.05) is 33.9 Å². The van der Waals surface area contributed by atoms with Gasteiger partial charge < -0.3 is 20.1 Å². The lowest BCUT2D eigenvalue weighted by Crippen LogP contribution is -2.37. The number of hydrogen-bond acceptors (Lipinski definition) is 4. The van der Waals surface area contributed by atoms with Crippen LogP contribution in [0, 0.1) is 0 Å². The molecule has 6 nitrogen and oxygen atoms in total. The number of nitrogens with one attached hydrogen (secondary N) is 2. The summed E-state index contributed by atoms with van der Waals surface area (Å²) in [6.45, 7) is 2.00. The summed E-state index contributed by atoms with van der Waals surface area (Å²) in [6, 6.07) is 8.85. The average molecular weight is 410 g/mol. The Labute approximate surface area is 168 Å². The fourth-order valence-corrected chi connectivity index (χ4v) is 2.42.